The van der Waals surface area contributed by atoms with E-state index in [9.17, 15) is 0 Å². The van der Waals surface area contributed by atoms with Crippen molar-refractivity contribution in [2.45, 2.75) is 31.3 Å². The third-order valence-corrected chi connectivity index (χ3v) is 3.12. The lowest BCUT2D eigenvalue weighted by molar-refractivity contribution is -0.918. The van der Waals surface area contributed by atoms with Crippen molar-refractivity contribution in [3.63, 3.8) is 0 Å². The molecule has 1 saturated heterocycles. The van der Waals surface area contributed by atoms with E-state index in [-0.39, 0.29) is 0 Å². The highest BCUT2D eigenvalue weighted by atomic mass is 15.4. The van der Waals surface area contributed by atoms with Crippen molar-refractivity contribution in [3.05, 3.63) is 0 Å². The van der Waals surface area contributed by atoms with Crippen molar-refractivity contribution in [1.82, 2.24) is 0 Å². The first-order valence-corrected chi connectivity index (χ1v) is 4.03. The molecule has 2 bridgehead atoms. The SMILES string of the molecule is C[N+]1(C)[C@@H]2CC#C[C@H]1CC2. The molecule has 0 unspecified atom stereocenters. The zero-order chi connectivity index (χ0) is 7.19. The van der Waals surface area contributed by atoms with Crippen molar-refractivity contribution in [3.8, 4) is 11.8 Å². The molecule has 10 heavy (non-hydrogen) atoms. The second-order valence-electron chi connectivity index (χ2n) is 3.90. The van der Waals surface area contributed by atoms with E-state index in [0.717, 1.165) is 16.9 Å². The van der Waals surface area contributed by atoms with E-state index in [1.165, 1.54) is 12.8 Å². The molecule has 0 saturated carbocycles. The van der Waals surface area contributed by atoms with Gasteiger partial charge in [-0.25, -0.2) is 0 Å². The second-order valence-corrected chi connectivity index (χ2v) is 3.90. The fourth-order valence-corrected chi connectivity index (χ4v) is 2.14. The lowest BCUT2D eigenvalue weighted by Gasteiger charge is -2.36. The van der Waals surface area contributed by atoms with Crippen LogP contribution in [0.1, 0.15) is 19.3 Å². The predicted octanol–water partition coefficient (Wildman–Crippen LogP) is 1.00. The first-order valence-electron chi connectivity index (χ1n) is 4.03. The van der Waals surface area contributed by atoms with Crippen LogP contribution in [-0.4, -0.2) is 30.7 Å². The zero-order valence-electron chi connectivity index (χ0n) is 6.72. The Morgan fingerprint density at radius 1 is 1.30 bits per heavy atom. The molecule has 2 aliphatic heterocycles. The summed E-state index contributed by atoms with van der Waals surface area (Å²) < 4.78 is 1.16. The first-order chi connectivity index (χ1) is 4.71. The van der Waals surface area contributed by atoms with Crippen molar-refractivity contribution < 1.29 is 4.48 Å². The molecule has 0 N–H and O–H groups in total. The Morgan fingerprint density at radius 3 is 2.70 bits per heavy atom. The molecule has 0 radical (unpaired) electrons. The minimum atomic E-state index is 0.652. The van der Waals surface area contributed by atoms with Gasteiger partial charge in [-0.1, -0.05) is 5.92 Å². The van der Waals surface area contributed by atoms with Gasteiger partial charge < -0.3 is 4.48 Å². The van der Waals surface area contributed by atoms with Gasteiger partial charge in [0.25, 0.3) is 0 Å². The minimum Gasteiger partial charge on any atom is -0.313 e. The third kappa shape index (κ3) is 0.630. The molecule has 0 spiro atoms. The van der Waals surface area contributed by atoms with Crippen LogP contribution in [0.3, 0.4) is 0 Å². The molecular formula is C9H14N+. The van der Waals surface area contributed by atoms with Gasteiger partial charge in [-0.2, -0.15) is 0 Å². The fourth-order valence-electron chi connectivity index (χ4n) is 2.14. The van der Waals surface area contributed by atoms with E-state index in [0.29, 0.717) is 6.04 Å². The first kappa shape index (κ1) is 6.24. The van der Waals surface area contributed by atoms with Gasteiger partial charge in [-0.15, -0.1) is 0 Å². The third-order valence-electron chi connectivity index (χ3n) is 3.12. The molecule has 0 amide bonds. The molecule has 1 fully saturated rings. The van der Waals surface area contributed by atoms with E-state index in [1.54, 1.807) is 0 Å². The standard InChI is InChI=1S/C9H14N/c1-10(2)8-4-3-5-9(10)7-6-8/h8-9H,4,6-7H2,1-2H3/q+1/t8-,9+/m1/s1. The molecule has 1 nitrogen and oxygen atoms in total. The van der Waals surface area contributed by atoms with Crippen molar-refractivity contribution >= 4 is 0 Å². The summed E-state index contributed by atoms with van der Waals surface area (Å²) in [6, 6.07) is 1.49. The maximum Gasteiger partial charge on any atom is 0.151 e. The highest BCUT2D eigenvalue weighted by molar-refractivity contribution is 5.12. The predicted molar refractivity (Wildman–Crippen MR) is 41.3 cm³/mol. The number of hydrogen-bond donors (Lipinski definition) is 0. The fraction of sp³-hybridized carbons (Fsp3) is 0.778. The summed E-state index contributed by atoms with van der Waals surface area (Å²) in [6.07, 6.45) is 3.83. The van der Waals surface area contributed by atoms with Crippen LogP contribution in [0.2, 0.25) is 0 Å². The van der Waals surface area contributed by atoms with E-state index >= 15 is 0 Å². The average Bonchev–Trinajstić information content (AvgIpc) is 2.17. The Balaban J connectivity index is 2.36. The summed E-state index contributed by atoms with van der Waals surface area (Å²) in [5, 5.41) is 0. The molecule has 2 aliphatic rings. The van der Waals surface area contributed by atoms with Crippen molar-refractivity contribution in [2.24, 2.45) is 0 Å². The van der Waals surface area contributed by atoms with Crippen LogP contribution in [-0.2, 0) is 0 Å². The Morgan fingerprint density at radius 2 is 2.10 bits per heavy atom. The Kier molecular flexibility index (Phi) is 1.10. The number of quaternary nitrogens is 1. The Bertz CT molecular complexity index is 207. The number of nitrogens with zero attached hydrogens (tertiary/aromatic N) is 1. The van der Waals surface area contributed by atoms with Crippen LogP contribution in [0, 0.1) is 11.8 Å². The van der Waals surface area contributed by atoms with E-state index in [4.69, 9.17) is 0 Å². The van der Waals surface area contributed by atoms with Gasteiger partial charge in [0.05, 0.1) is 20.5 Å². The monoisotopic (exact) mass is 136 g/mol. The highest BCUT2D eigenvalue weighted by Crippen LogP contribution is 2.32. The molecule has 2 atom stereocenters. The van der Waals surface area contributed by atoms with Gasteiger partial charge in [-0.05, 0) is 5.92 Å². The minimum absolute atomic E-state index is 0.652. The van der Waals surface area contributed by atoms with Gasteiger partial charge >= 0.3 is 0 Å². The molecule has 0 aromatic heterocycles. The van der Waals surface area contributed by atoms with Crippen LogP contribution >= 0.6 is 0 Å². The van der Waals surface area contributed by atoms with Crippen LogP contribution < -0.4 is 0 Å². The summed E-state index contributed by atoms with van der Waals surface area (Å²) in [7, 11) is 4.63. The normalized spacial score (nSPS) is 40.6. The van der Waals surface area contributed by atoms with Crippen LogP contribution in [0.25, 0.3) is 0 Å². The van der Waals surface area contributed by atoms with Gasteiger partial charge in [0.1, 0.15) is 6.04 Å². The lowest BCUT2D eigenvalue weighted by atomic mass is 10.1. The summed E-state index contributed by atoms with van der Waals surface area (Å²) >= 11 is 0. The van der Waals surface area contributed by atoms with Crippen molar-refractivity contribution in [2.75, 3.05) is 14.1 Å². The number of hydrogen-bond acceptors (Lipinski definition) is 0. The summed E-state index contributed by atoms with van der Waals surface area (Å²) in [5.74, 6) is 6.56. The highest BCUT2D eigenvalue weighted by Gasteiger charge is 2.43. The van der Waals surface area contributed by atoms with E-state index < -0.39 is 0 Å². The zero-order valence-corrected chi connectivity index (χ0v) is 6.72. The Hall–Kier alpha value is -0.480. The summed E-state index contributed by atoms with van der Waals surface area (Å²) in [4.78, 5) is 0. The number of fused-ring (bicyclic) bond motifs is 2. The lowest BCUT2D eigenvalue weighted by Crippen LogP contribution is -2.50. The van der Waals surface area contributed by atoms with Crippen LogP contribution in [0.15, 0.2) is 0 Å². The summed E-state index contributed by atoms with van der Waals surface area (Å²) in [6.45, 7) is 0. The van der Waals surface area contributed by atoms with E-state index in [1.807, 2.05) is 0 Å². The maximum absolute atomic E-state index is 3.32. The molecule has 0 aromatic rings. The molecule has 2 rings (SSSR count). The molecule has 0 aromatic carbocycles. The molecule has 0 aliphatic carbocycles. The largest absolute Gasteiger partial charge is 0.313 e. The van der Waals surface area contributed by atoms with Crippen LogP contribution in [0.5, 0.6) is 0 Å². The van der Waals surface area contributed by atoms with Crippen LogP contribution in [0.4, 0.5) is 0 Å². The second kappa shape index (κ2) is 1.77. The molecule has 54 valence electrons. The smallest absolute Gasteiger partial charge is 0.151 e. The molecular weight excluding hydrogens is 122 g/mol. The van der Waals surface area contributed by atoms with Gasteiger partial charge in [0.2, 0.25) is 0 Å². The quantitative estimate of drug-likeness (QED) is 0.344. The number of rotatable bonds is 0. The topological polar surface area (TPSA) is 0 Å². The van der Waals surface area contributed by atoms with Crippen molar-refractivity contribution in [1.29, 1.82) is 0 Å². The molecule has 2 heterocycles. The van der Waals surface area contributed by atoms with E-state index in [2.05, 4.69) is 25.9 Å². The summed E-state index contributed by atoms with van der Waals surface area (Å²) in [5.41, 5.74) is 0. The Labute approximate surface area is 62.6 Å². The van der Waals surface area contributed by atoms with Gasteiger partial charge in [-0.3, -0.25) is 0 Å². The average molecular weight is 136 g/mol. The van der Waals surface area contributed by atoms with Gasteiger partial charge in [0.15, 0.2) is 6.04 Å². The maximum atomic E-state index is 3.32. The van der Waals surface area contributed by atoms with Gasteiger partial charge in [0, 0.05) is 12.8 Å². The molecule has 1 heteroatoms.